The molecule has 3 N–H and O–H groups in total. The van der Waals surface area contributed by atoms with Crippen LogP contribution in [0.15, 0.2) is 53.1 Å². The molecule has 0 radical (unpaired) electrons. The number of amides is 2. The van der Waals surface area contributed by atoms with Gasteiger partial charge in [-0.2, -0.15) is 4.98 Å². The van der Waals surface area contributed by atoms with E-state index in [1.165, 1.54) is 0 Å². The van der Waals surface area contributed by atoms with E-state index in [1.807, 2.05) is 24.3 Å². The van der Waals surface area contributed by atoms with Crippen LogP contribution in [0.3, 0.4) is 0 Å². The molecule has 1 fully saturated rings. The number of rotatable bonds is 7. The molecule has 2 heterocycles. The average molecular weight is 444 g/mol. The minimum Gasteiger partial charge on any atom is -0.497 e. The summed E-state index contributed by atoms with van der Waals surface area (Å²) in [5.41, 5.74) is 1.57. The van der Waals surface area contributed by atoms with E-state index in [9.17, 15) is 9.90 Å². The van der Waals surface area contributed by atoms with Crippen molar-refractivity contribution in [3.8, 4) is 5.75 Å². The lowest BCUT2D eigenvalue weighted by Gasteiger charge is -2.33. The van der Waals surface area contributed by atoms with Gasteiger partial charge in [-0.1, -0.05) is 28.9 Å². The van der Waals surface area contributed by atoms with Crippen molar-refractivity contribution < 1.29 is 19.2 Å². The summed E-state index contributed by atoms with van der Waals surface area (Å²) < 4.78 is 10.5. The zero-order valence-corrected chi connectivity index (χ0v) is 17.5. The number of carbonyl (C=O) groups excluding carboxylic acids is 1. The fourth-order valence-electron chi connectivity index (χ4n) is 3.17. The minimum absolute atomic E-state index is 0.319. The number of urea groups is 1. The van der Waals surface area contributed by atoms with E-state index in [0.29, 0.717) is 42.1 Å². The lowest BCUT2D eigenvalue weighted by Crippen LogP contribution is -2.51. The third-order valence-corrected chi connectivity index (χ3v) is 5.13. The number of β-amino-alcohol motifs (C(OH)–C–C–N with tert-alkyl or cyclic N) is 1. The number of aliphatic hydroxyl groups is 1. The molecule has 0 spiro atoms. The second kappa shape index (κ2) is 9.23. The monoisotopic (exact) mass is 443 g/mol. The van der Waals surface area contributed by atoms with Crippen LogP contribution in [-0.4, -0.2) is 47.6 Å². The second-order valence-electron chi connectivity index (χ2n) is 7.20. The average Bonchev–Trinajstić information content (AvgIpc) is 3.23. The van der Waals surface area contributed by atoms with Gasteiger partial charge >= 0.3 is 12.0 Å². The number of hydrogen-bond donors (Lipinski definition) is 3. The maximum Gasteiger partial charge on any atom is 0.324 e. The normalized spacial score (nSPS) is 14.6. The highest BCUT2D eigenvalue weighted by Crippen LogP contribution is 2.24. The Kier molecular flexibility index (Phi) is 6.24. The number of nitrogens with zero attached hydrogens (tertiary/aromatic N) is 3. The largest absolute Gasteiger partial charge is 0.497 e. The van der Waals surface area contributed by atoms with E-state index in [2.05, 4.69) is 20.8 Å². The van der Waals surface area contributed by atoms with Gasteiger partial charge in [-0.3, -0.25) is 0 Å². The molecule has 10 heteroatoms. The Balaban J connectivity index is 1.49. The second-order valence-corrected chi connectivity index (χ2v) is 7.64. The van der Waals surface area contributed by atoms with Gasteiger partial charge in [-0.25, -0.2) is 4.79 Å². The predicted molar refractivity (Wildman–Crippen MR) is 116 cm³/mol. The summed E-state index contributed by atoms with van der Waals surface area (Å²) in [6.07, 6.45) is 0.0494. The maximum atomic E-state index is 12.6. The molecule has 1 atom stereocenters. The summed E-state index contributed by atoms with van der Waals surface area (Å²) >= 11 is 5.89. The predicted octanol–water partition coefficient (Wildman–Crippen LogP) is 3.02. The van der Waals surface area contributed by atoms with E-state index in [0.717, 1.165) is 11.3 Å². The van der Waals surface area contributed by atoms with Crippen molar-refractivity contribution in [2.45, 2.75) is 18.6 Å². The number of methoxy groups -OCH3 is 1. The minimum atomic E-state index is -0.538. The van der Waals surface area contributed by atoms with Gasteiger partial charge < -0.3 is 29.9 Å². The topological polar surface area (TPSA) is 113 Å². The van der Waals surface area contributed by atoms with E-state index in [4.69, 9.17) is 20.9 Å². The van der Waals surface area contributed by atoms with Gasteiger partial charge in [0.25, 0.3) is 0 Å². The highest BCUT2D eigenvalue weighted by atomic mass is 35.5. The van der Waals surface area contributed by atoms with Crippen molar-refractivity contribution in [1.29, 1.82) is 0 Å². The molecule has 0 saturated carbocycles. The molecule has 0 aliphatic carbocycles. The quantitative estimate of drug-likeness (QED) is 0.514. The molecule has 1 unspecified atom stereocenters. The summed E-state index contributed by atoms with van der Waals surface area (Å²) in [6, 6.07) is 13.7. The Morgan fingerprint density at radius 3 is 2.61 bits per heavy atom. The van der Waals surface area contributed by atoms with Crippen LogP contribution in [0.2, 0.25) is 5.02 Å². The van der Waals surface area contributed by atoms with Gasteiger partial charge in [0.2, 0.25) is 0 Å². The van der Waals surface area contributed by atoms with Gasteiger partial charge in [0.1, 0.15) is 5.75 Å². The fourth-order valence-corrected chi connectivity index (χ4v) is 3.30. The van der Waals surface area contributed by atoms with Crippen molar-refractivity contribution in [2.75, 3.05) is 30.4 Å². The van der Waals surface area contributed by atoms with Crippen molar-refractivity contribution in [1.82, 2.24) is 15.5 Å². The first-order valence-corrected chi connectivity index (χ1v) is 10.1. The van der Waals surface area contributed by atoms with Gasteiger partial charge in [0.05, 0.1) is 32.3 Å². The van der Waals surface area contributed by atoms with Crippen LogP contribution < -0.4 is 20.3 Å². The molecule has 3 aromatic rings. The first kappa shape index (κ1) is 21.0. The Morgan fingerprint density at radius 1 is 1.26 bits per heavy atom. The standard InChI is InChI=1S/C21H22ClN5O4/c1-30-17-8-2-13(3-9-17)10-18(19-25-21(31-26-19)27-11-16(28)12-27)24-20(29)23-15-6-4-14(22)5-7-15/h2-9,16,18,28H,10-12H2,1H3,(H2,23,24,29). The number of nitrogens with one attached hydrogen (secondary N) is 2. The number of carbonyl (C=O) groups is 1. The molecule has 4 rings (SSSR count). The summed E-state index contributed by atoms with van der Waals surface area (Å²) in [5.74, 6) is 1.09. The Morgan fingerprint density at radius 2 is 1.97 bits per heavy atom. The number of halogens is 1. The third kappa shape index (κ3) is 5.25. The number of ether oxygens (including phenoxy) is 1. The van der Waals surface area contributed by atoms with Crippen LogP contribution in [0.25, 0.3) is 0 Å². The molecule has 31 heavy (non-hydrogen) atoms. The molecule has 9 nitrogen and oxygen atoms in total. The maximum absolute atomic E-state index is 12.6. The highest BCUT2D eigenvalue weighted by molar-refractivity contribution is 6.30. The van der Waals surface area contributed by atoms with Crippen molar-refractivity contribution in [3.05, 3.63) is 64.9 Å². The van der Waals surface area contributed by atoms with Crippen LogP contribution in [0.5, 0.6) is 5.75 Å². The molecule has 1 aliphatic rings. The Bertz CT molecular complexity index is 1020. The van der Waals surface area contributed by atoms with Crippen molar-refractivity contribution >= 4 is 29.3 Å². The zero-order valence-electron chi connectivity index (χ0n) is 16.8. The molecule has 1 aliphatic heterocycles. The lowest BCUT2D eigenvalue weighted by molar-refractivity contribution is 0.135. The first-order chi connectivity index (χ1) is 15.0. The van der Waals surface area contributed by atoms with E-state index >= 15 is 0 Å². The Hall–Kier alpha value is -3.30. The van der Waals surface area contributed by atoms with Crippen molar-refractivity contribution in [3.63, 3.8) is 0 Å². The molecule has 1 saturated heterocycles. The lowest BCUT2D eigenvalue weighted by atomic mass is 10.1. The highest BCUT2D eigenvalue weighted by Gasteiger charge is 2.30. The smallest absolute Gasteiger partial charge is 0.324 e. The summed E-state index contributed by atoms with van der Waals surface area (Å²) in [6.45, 7) is 0.879. The number of aliphatic hydroxyl groups excluding tert-OH is 1. The number of aromatic nitrogens is 2. The molecule has 2 aromatic carbocycles. The molecule has 162 valence electrons. The van der Waals surface area contributed by atoms with Crippen LogP contribution in [-0.2, 0) is 6.42 Å². The molecular weight excluding hydrogens is 422 g/mol. The summed E-state index contributed by atoms with van der Waals surface area (Å²) in [5, 5.41) is 19.8. The van der Waals surface area contributed by atoms with Gasteiger partial charge in [-0.15, -0.1) is 0 Å². The molecule has 1 aromatic heterocycles. The Labute approximate surface area is 184 Å². The van der Waals surface area contributed by atoms with Gasteiger partial charge in [0, 0.05) is 17.1 Å². The van der Waals surface area contributed by atoms with E-state index in [-0.39, 0.29) is 0 Å². The van der Waals surface area contributed by atoms with Crippen molar-refractivity contribution in [2.24, 2.45) is 0 Å². The number of anilines is 2. The molecular formula is C21H22ClN5O4. The van der Waals surface area contributed by atoms with Crippen LogP contribution in [0.4, 0.5) is 16.5 Å². The zero-order chi connectivity index (χ0) is 21.8. The van der Waals surface area contributed by atoms with Crippen LogP contribution in [0.1, 0.15) is 17.4 Å². The van der Waals surface area contributed by atoms with E-state index in [1.54, 1.807) is 36.3 Å². The third-order valence-electron chi connectivity index (χ3n) is 4.88. The van der Waals surface area contributed by atoms with E-state index < -0.39 is 18.2 Å². The van der Waals surface area contributed by atoms with Crippen LogP contribution >= 0.6 is 11.6 Å². The van der Waals surface area contributed by atoms with Gasteiger partial charge in [0.15, 0.2) is 5.82 Å². The first-order valence-electron chi connectivity index (χ1n) is 9.73. The SMILES string of the molecule is COc1ccc(CC(NC(=O)Nc2ccc(Cl)cc2)c2noc(N3CC(O)C3)n2)cc1. The molecule has 2 amide bonds. The van der Waals surface area contributed by atoms with Gasteiger partial charge in [-0.05, 0) is 42.0 Å². The summed E-state index contributed by atoms with van der Waals surface area (Å²) in [7, 11) is 1.61. The number of hydrogen-bond acceptors (Lipinski definition) is 7. The molecule has 0 bridgehead atoms. The van der Waals surface area contributed by atoms with Crippen LogP contribution in [0, 0.1) is 0 Å². The summed E-state index contributed by atoms with van der Waals surface area (Å²) in [4.78, 5) is 18.8. The number of benzene rings is 2. The fraction of sp³-hybridized carbons (Fsp3) is 0.286.